The monoisotopic (exact) mass is 266 g/mol. The van der Waals surface area contributed by atoms with Gasteiger partial charge in [-0.2, -0.15) is 5.10 Å². The molecule has 1 unspecified atom stereocenters. The van der Waals surface area contributed by atoms with Crippen LogP contribution in [0.15, 0.2) is 35.4 Å². The Morgan fingerprint density at radius 1 is 1.28 bits per heavy atom. The van der Waals surface area contributed by atoms with Gasteiger partial charge in [0.1, 0.15) is 5.38 Å². The van der Waals surface area contributed by atoms with Crippen molar-refractivity contribution in [2.45, 2.75) is 33.1 Å². The first-order chi connectivity index (χ1) is 8.32. The largest absolute Gasteiger partial charge is 0.271 e. The number of rotatable bonds is 3. The smallest absolute Gasteiger partial charge is 0.257 e. The second-order valence-corrected chi connectivity index (χ2v) is 5.82. The van der Waals surface area contributed by atoms with Crippen LogP contribution < -0.4 is 5.43 Å². The summed E-state index contributed by atoms with van der Waals surface area (Å²) in [6.45, 7) is 7.77. The van der Waals surface area contributed by atoms with Crippen molar-refractivity contribution in [2.24, 2.45) is 10.5 Å². The minimum Gasteiger partial charge on any atom is -0.271 e. The van der Waals surface area contributed by atoms with Crippen molar-refractivity contribution in [1.82, 2.24) is 5.43 Å². The van der Waals surface area contributed by atoms with E-state index in [1.807, 2.05) is 30.3 Å². The molecule has 0 saturated heterocycles. The number of nitrogens with one attached hydrogen (secondary N) is 1. The quantitative estimate of drug-likeness (QED) is 0.510. The highest BCUT2D eigenvalue weighted by molar-refractivity contribution is 6.30. The van der Waals surface area contributed by atoms with Crippen molar-refractivity contribution in [3.8, 4) is 0 Å². The van der Waals surface area contributed by atoms with E-state index in [0.717, 1.165) is 11.3 Å². The molecule has 0 heterocycles. The maximum atomic E-state index is 11.5. The highest BCUT2D eigenvalue weighted by atomic mass is 35.5. The third-order valence-corrected chi connectivity index (χ3v) is 2.60. The minimum absolute atomic E-state index is 0.163. The molecule has 1 atom stereocenters. The molecule has 0 spiro atoms. The van der Waals surface area contributed by atoms with Gasteiger partial charge in [0.2, 0.25) is 0 Å². The summed E-state index contributed by atoms with van der Waals surface area (Å²) in [6.07, 6.45) is 0. The zero-order chi connectivity index (χ0) is 13.8. The van der Waals surface area contributed by atoms with Crippen LogP contribution >= 0.6 is 11.6 Å². The van der Waals surface area contributed by atoms with Gasteiger partial charge < -0.3 is 0 Å². The Morgan fingerprint density at radius 2 is 1.83 bits per heavy atom. The Bertz CT molecular complexity index is 433. The highest BCUT2D eigenvalue weighted by Gasteiger charge is 2.21. The number of alkyl halides is 1. The summed E-state index contributed by atoms with van der Waals surface area (Å²) in [5, 5.41) is 3.63. The molecule has 0 saturated carbocycles. The molecule has 0 aliphatic heterocycles. The summed E-state index contributed by atoms with van der Waals surface area (Å²) in [6, 6.07) is 9.79. The zero-order valence-corrected chi connectivity index (χ0v) is 12.0. The lowest BCUT2D eigenvalue weighted by molar-refractivity contribution is -0.120. The Labute approximate surface area is 113 Å². The number of hydrogen-bond acceptors (Lipinski definition) is 2. The van der Waals surface area contributed by atoms with Crippen molar-refractivity contribution in [1.29, 1.82) is 0 Å². The van der Waals surface area contributed by atoms with E-state index >= 15 is 0 Å². The Kier molecular flexibility index (Phi) is 4.91. The molecule has 0 bridgehead atoms. The van der Waals surface area contributed by atoms with Gasteiger partial charge in [-0.25, -0.2) is 5.43 Å². The fourth-order valence-electron chi connectivity index (χ4n) is 1.46. The van der Waals surface area contributed by atoms with Crippen LogP contribution in [-0.2, 0) is 4.79 Å². The van der Waals surface area contributed by atoms with Gasteiger partial charge >= 0.3 is 0 Å². The molecule has 0 fully saturated rings. The molecule has 0 radical (unpaired) electrons. The van der Waals surface area contributed by atoms with E-state index in [1.165, 1.54) is 0 Å². The fourth-order valence-corrected chi connectivity index (χ4v) is 1.51. The lowest BCUT2D eigenvalue weighted by Crippen LogP contribution is -2.30. The van der Waals surface area contributed by atoms with Crippen LogP contribution in [0, 0.1) is 5.41 Å². The van der Waals surface area contributed by atoms with Crippen LogP contribution in [0.3, 0.4) is 0 Å². The van der Waals surface area contributed by atoms with E-state index < -0.39 is 5.38 Å². The molecule has 0 aliphatic carbocycles. The normalized spacial score (nSPS) is 14.2. The van der Waals surface area contributed by atoms with Crippen molar-refractivity contribution < 1.29 is 4.79 Å². The Balaban J connectivity index is 3.01. The maximum Gasteiger partial charge on any atom is 0.257 e. The third-order valence-electron chi connectivity index (χ3n) is 2.40. The highest BCUT2D eigenvalue weighted by Crippen LogP contribution is 2.21. The van der Waals surface area contributed by atoms with Gasteiger partial charge in [-0.15, -0.1) is 11.6 Å². The summed E-state index contributed by atoms with van der Waals surface area (Å²) < 4.78 is 0. The molecule has 0 aromatic heterocycles. The molecule has 1 rings (SSSR count). The first kappa shape index (κ1) is 14.7. The summed E-state index contributed by atoms with van der Waals surface area (Å²) in [4.78, 5) is 11.5. The molecule has 98 valence electrons. The molecule has 1 aromatic rings. The first-order valence-electron chi connectivity index (χ1n) is 5.90. The molecule has 0 aliphatic rings. The van der Waals surface area contributed by atoms with Crippen LogP contribution in [-0.4, -0.2) is 17.0 Å². The molecular formula is C14H19ClN2O. The Hall–Kier alpha value is -1.35. The second-order valence-electron chi connectivity index (χ2n) is 5.17. The number of halogens is 1. The van der Waals surface area contributed by atoms with E-state index in [2.05, 4.69) is 31.3 Å². The van der Waals surface area contributed by atoms with Gasteiger partial charge in [-0.1, -0.05) is 51.1 Å². The van der Waals surface area contributed by atoms with Crippen LogP contribution in [0.2, 0.25) is 0 Å². The number of carbonyl (C=O) groups is 1. The topological polar surface area (TPSA) is 41.5 Å². The number of carbonyl (C=O) groups excluding carboxylic acids is 1. The van der Waals surface area contributed by atoms with E-state index in [4.69, 9.17) is 11.6 Å². The summed E-state index contributed by atoms with van der Waals surface area (Å²) in [7, 11) is 0. The van der Waals surface area contributed by atoms with E-state index in [-0.39, 0.29) is 11.3 Å². The molecule has 4 heteroatoms. The summed E-state index contributed by atoms with van der Waals surface area (Å²) in [5.74, 6) is -0.297. The van der Waals surface area contributed by atoms with Crippen LogP contribution in [0.5, 0.6) is 0 Å². The standard InChI is InChI=1S/C14H19ClN2O/c1-10(15)13(18)17-16-12(14(2,3)4)11-8-6-5-7-9-11/h5-10H,1-4H3,(H,17,18). The predicted octanol–water partition coefficient (Wildman–Crippen LogP) is 3.18. The SMILES string of the molecule is CC(Cl)C(=O)NN=C(c1ccccc1)C(C)(C)C. The Morgan fingerprint density at radius 3 is 2.28 bits per heavy atom. The number of nitrogens with zero attached hydrogens (tertiary/aromatic N) is 1. The summed E-state index contributed by atoms with van der Waals surface area (Å²) >= 11 is 5.69. The molecule has 1 aromatic carbocycles. The van der Waals surface area contributed by atoms with E-state index in [1.54, 1.807) is 6.92 Å². The fraction of sp³-hybridized carbons (Fsp3) is 0.429. The number of hydrogen-bond donors (Lipinski definition) is 1. The van der Waals surface area contributed by atoms with Gasteiger partial charge in [-0.3, -0.25) is 4.79 Å². The number of amides is 1. The minimum atomic E-state index is -0.592. The average molecular weight is 267 g/mol. The van der Waals surface area contributed by atoms with Crippen LogP contribution in [0.25, 0.3) is 0 Å². The van der Waals surface area contributed by atoms with Crippen molar-refractivity contribution in [3.05, 3.63) is 35.9 Å². The molecular weight excluding hydrogens is 248 g/mol. The lowest BCUT2D eigenvalue weighted by atomic mass is 9.86. The van der Waals surface area contributed by atoms with Crippen LogP contribution in [0.1, 0.15) is 33.3 Å². The van der Waals surface area contributed by atoms with Gasteiger partial charge in [0.05, 0.1) is 5.71 Å². The van der Waals surface area contributed by atoms with Gasteiger partial charge in [0.15, 0.2) is 0 Å². The number of benzene rings is 1. The molecule has 3 nitrogen and oxygen atoms in total. The lowest BCUT2D eigenvalue weighted by Gasteiger charge is -2.21. The first-order valence-corrected chi connectivity index (χ1v) is 6.33. The molecule has 18 heavy (non-hydrogen) atoms. The van der Waals surface area contributed by atoms with Gasteiger partial charge in [0, 0.05) is 5.41 Å². The predicted molar refractivity (Wildman–Crippen MR) is 75.9 cm³/mol. The molecule has 1 amide bonds. The second kappa shape index (κ2) is 6.01. The van der Waals surface area contributed by atoms with Crippen LogP contribution in [0.4, 0.5) is 0 Å². The van der Waals surface area contributed by atoms with Gasteiger partial charge in [-0.05, 0) is 12.5 Å². The number of hydrazone groups is 1. The van der Waals surface area contributed by atoms with E-state index in [0.29, 0.717) is 0 Å². The van der Waals surface area contributed by atoms with Gasteiger partial charge in [0.25, 0.3) is 5.91 Å². The van der Waals surface area contributed by atoms with Crippen molar-refractivity contribution >= 4 is 23.2 Å². The average Bonchev–Trinajstić information content (AvgIpc) is 2.28. The van der Waals surface area contributed by atoms with Crippen molar-refractivity contribution in [3.63, 3.8) is 0 Å². The van der Waals surface area contributed by atoms with Crippen molar-refractivity contribution in [2.75, 3.05) is 0 Å². The maximum absolute atomic E-state index is 11.5. The zero-order valence-electron chi connectivity index (χ0n) is 11.2. The molecule has 1 N–H and O–H groups in total. The third kappa shape index (κ3) is 4.15. The summed E-state index contributed by atoms with van der Waals surface area (Å²) in [5.41, 5.74) is 4.16. The van der Waals surface area contributed by atoms with E-state index in [9.17, 15) is 4.79 Å².